The summed E-state index contributed by atoms with van der Waals surface area (Å²) in [5.74, 6) is 0.596. The SMILES string of the molecule is CCc1ccccc1-c1nc(-c2cnn(C)c2)cc(=O)[nH]1. The molecule has 5 nitrogen and oxygen atoms in total. The first-order chi connectivity index (χ1) is 10.2. The lowest BCUT2D eigenvalue weighted by atomic mass is 10.0. The van der Waals surface area contributed by atoms with E-state index < -0.39 is 0 Å². The van der Waals surface area contributed by atoms with Gasteiger partial charge in [0.2, 0.25) is 0 Å². The molecule has 0 saturated heterocycles. The highest BCUT2D eigenvalue weighted by atomic mass is 16.1. The molecule has 0 aliphatic carbocycles. The summed E-state index contributed by atoms with van der Waals surface area (Å²) in [5.41, 5.74) is 3.42. The van der Waals surface area contributed by atoms with Crippen LogP contribution < -0.4 is 5.56 Å². The third-order valence-electron chi connectivity index (χ3n) is 3.40. The molecule has 2 aromatic heterocycles. The fourth-order valence-corrected chi connectivity index (χ4v) is 2.35. The van der Waals surface area contributed by atoms with Crippen molar-refractivity contribution in [3.63, 3.8) is 0 Å². The molecule has 3 rings (SSSR count). The number of aromatic amines is 1. The topological polar surface area (TPSA) is 63.6 Å². The van der Waals surface area contributed by atoms with Gasteiger partial charge in [0.1, 0.15) is 5.82 Å². The second-order valence-electron chi connectivity index (χ2n) is 4.89. The summed E-state index contributed by atoms with van der Waals surface area (Å²) in [4.78, 5) is 19.3. The second kappa shape index (κ2) is 5.36. The summed E-state index contributed by atoms with van der Waals surface area (Å²) in [7, 11) is 1.84. The van der Waals surface area contributed by atoms with Gasteiger partial charge in [0.15, 0.2) is 0 Å². The molecular weight excluding hydrogens is 264 g/mol. The fourth-order valence-electron chi connectivity index (χ4n) is 2.35. The number of H-pyrrole nitrogens is 1. The number of rotatable bonds is 3. The number of hydrogen-bond donors (Lipinski definition) is 1. The van der Waals surface area contributed by atoms with E-state index in [2.05, 4.69) is 22.0 Å². The zero-order chi connectivity index (χ0) is 14.8. The minimum Gasteiger partial charge on any atom is -0.306 e. The number of nitrogens with zero attached hydrogens (tertiary/aromatic N) is 3. The van der Waals surface area contributed by atoms with E-state index in [0.29, 0.717) is 11.5 Å². The Bertz CT molecular complexity index is 832. The first kappa shape index (κ1) is 13.3. The number of benzene rings is 1. The highest BCUT2D eigenvalue weighted by molar-refractivity contribution is 5.64. The largest absolute Gasteiger partial charge is 0.306 e. The number of nitrogens with one attached hydrogen (secondary N) is 1. The van der Waals surface area contributed by atoms with Crippen molar-refractivity contribution in [2.75, 3.05) is 0 Å². The molecule has 0 unspecified atom stereocenters. The van der Waals surface area contributed by atoms with Crippen LogP contribution in [0.1, 0.15) is 12.5 Å². The predicted octanol–water partition coefficient (Wildman–Crippen LogP) is 2.40. The third-order valence-corrected chi connectivity index (χ3v) is 3.40. The van der Waals surface area contributed by atoms with Crippen molar-refractivity contribution in [1.82, 2.24) is 19.7 Å². The monoisotopic (exact) mass is 280 g/mol. The lowest BCUT2D eigenvalue weighted by Crippen LogP contribution is -2.09. The van der Waals surface area contributed by atoms with Crippen LogP contribution in [0.25, 0.3) is 22.6 Å². The minimum atomic E-state index is -0.162. The Morgan fingerprint density at radius 2 is 2.10 bits per heavy atom. The van der Waals surface area contributed by atoms with Crippen LogP contribution in [0, 0.1) is 0 Å². The van der Waals surface area contributed by atoms with Gasteiger partial charge in [-0.1, -0.05) is 31.2 Å². The number of aryl methyl sites for hydroxylation is 2. The average Bonchev–Trinajstić information content (AvgIpc) is 2.93. The van der Waals surface area contributed by atoms with E-state index in [1.807, 2.05) is 37.5 Å². The zero-order valence-electron chi connectivity index (χ0n) is 12.0. The van der Waals surface area contributed by atoms with Crippen LogP contribution in [0.3, 0.4) is 0 Å². The molecule has 0 aliphatic rings. The van der Waals surface area contributed by atoms with Crippen LogP contribution >= 0.6 is 0 Å². The van der Waals surface area contributed by atoms with Gasteiger partial charge in [0.05, 0.1) is 11.9 Å². The number of hydrogen-bond acceptors (Lipinski definition) is 3. The van der Waals surface area contributed by atoms with Gasteiger partial charge in [-0.2, -0.15) is 5.10 Å². The van der Waals surface area contributed by atoms with Crippen LogP contribution in [0.4, 0.5) is 0 Å². The first-order valence-corrected chi connectivity index (χ1v) is 6.86. The van der Waals surface area contributed by atoms with Crippen molar-refractivity contribution >= 4 is 0 Å². The molecule has 1 aromatic carbocycles. The lowest BCUT2D eigenvalue weighted by molar-refractivity contribution is 0.768. The summed E-state index contributed by atoms with van der Waals surface area (Å²) in [6.07, 6.45) is 4.44. The molecule has 0 atom stereocenters. The predicted molar refractivity (Wildman–Crippen MR) is 81.9 cm³/mol. The molecule has 0 aliphatic heterocycles. The van der Waals surface area contributed by atoms with E-state index >= 15 is 0 Å². The molecule has 3 aromatic rings. The van der Waals surface area contributed by atoms with E-state index in [-0.39, 0.29) is 5.56 Å². The molecular formula is C16H16N4O. The van der Waals surface area contributed by atoms with Gasteiger partial charge in [-0.25, -0.2) is 4.98 Å². The van der Waals surface area contributed by atoms with Gasteiger partial charge < -0.3 is 4.98 Å². The van der Waals surface area contributed by atoms with E-state index in [1.165, 1.54) is 6.07 Å². The first-order valence-electron chi connectivity index (χ1n) is 6.86. The van der Waals surface area contributed by atoms with Gasteiger partial charge in [0, 0.05) is 30.4 Å². The molecule has 1 N–H and O–H groups in total. The summed E-state index contributed by atoms with van der Waals surface area (Å²) in [6, 6.07) is 9.46. The highest BCUT2D eigenvalue weighted by Crippen LogP contribution is 2.22. The summed E-state index contributed by atoms with van der Waals surface area (Å²) in [5, 5.41) is 4.12. The summed E-state index contributed by atoms with van der Waals surface area (Å²) < 4.78 is 1.69. The van der Waals surface area contributed by atoms with Crippen molar-refractivity contribution in [2.24, 2.45) is 7.05 Å². The van der Waals surface area contributed by atoms with Crippen LogP contribution in [0.15, 0.2) is 47.5 Å². The highest BCUT2D eigenvalue weighted by Gasteiger charge is 2.09. The van der Waals surface area contributed by atoms with Gasteiger partial charge in [0.25, 0.3) is 5.56 Å². The quantitative estimate of drug-likeness (QED) is 0.801. The van der Waals surface area contributed by atoms with E-state index in [9.17, 15) is 4.79 Å². The summed E-state index contributed by atoms with van der Waals surface area (Å²) >= 11 is 0. The van der Waals surface area contributed by atoms with Gasteiger partial charge in [-0.15, -0.1) is 0 Å². The Hall–Kier alpha value is -2.69. The van der Waals surface area contributed by atoms with Crippen molar-refractivity contribution in [1.29, 1.82) is 0 Å². The fraction of sp³-hybridized carbons (Fsp3) is 0.188. The van der Waals surface area contributed by atoms with Crippen LogP contribution in [0.2, 0.25) is 0 Å². The maximum absolute atomic E-state index is 11.9. The molecule has 2 heterocycles. The van der Waals surface area contributed by atoms with Gasteiger partial charge in [-0.05, 0) is 12.0 Å². The Morgan fingerprint density at radius 1 is 1.29 bits per heavy atom. The van der Waals surface area contributed by atoms with Crippen LogP contribution in [-0.2, 0) is 13.5 Å². The molecule has 21 heavy (non-hydrogen) atoms. The Morgan fingerprint density at radius 3 is 2.81 bits per heavy atom. The maximum Gasteiger partial charge on any atom is 0.251 e. The Kier molecular flexibility index (Phi) is 3.39. The van der Waals surface area contributed by atoms with Gasteiger partial charge >= 0.3 is 0 Å². The molecule has 0 radical (unpaired) electrons. The summed E-state index contributed by atoms with van der Waals surface area (Å²) in [6.45, 7) is 2.09. The number of aromatic nitrogens is 4. The molecule has 0 spiro atoms. The van der Waals surface area contributed by atoms with Crippen LogP contribution in [-0.4, -0.2) is 19.7 Å². The third kappa shape index (κ3) is 2.63. The smallest absolute Gasteiger partial charge is 0.251 e. The molecule has 5 heteroatoms. The molecule has 0 saturated carbocycles. The average molecular weight is 280 g/mol. The van der Waals surface area contributed by atoms with E-state index in [0.717, 1.165) is 23.1 Å². The Labute approximate surface area is 122 Å². The molecule has 106 valence electrons. The second-order valence-corrected chi connectivity index (χ2v) is 4.89. The van der Waals surface area contributed by atoms with Crippen LogP contribution in [0.5, 0.6) is 0 Å². The van der Waals surface area contributed by atoms with E-state index in [4.69, 9.17) is 0 Å². The Balaban J connectivity index is 2.16. The zero-order valence-corrected chi connectivity index (χ0v) is 12.0. The molecule has 0 amide bonds. The lowest BCUT2D eigenvalue weighted by Gasteiger charge is -2.07. The van der Waals surface area contributed by atoms with Gasteiger partial charge in [-0.3, -0.25) is 9.48 Å². The van der Waals surface area contributed by atoms with Crippen molar-refractivity contribution < 1.29 is 0 Å². The minimum absolute atomic E-state index is 0.162. The van der Waals surface area contributed by atoms with Crippen molar-refractivity contribution in [2.45, 2.75) is 13.3 Å². The molecule has 0 fully saturated rings. The van der Waals surface area contributed by atoms with Crippen molar-refractivity contribution in [3.05, 3.63) is 58.6 Å². The normalized spacial score (nSPS) is 10.8. The van der Waals surface area contributed by atoms with E-state index in [1.54, 1.807) is 10.9 Å². The maximum atomic E-state index is 11.9. The van der Waals surface area contributed by atoms with Crippen molar-refractivity contribution in [3.8, 4) is 22.6 Å². The standard InChI is InChI=1S/C16H16N4O/c1-3-11-6-4-5-7-13(11)16-18-14(8-15(21)19-16)12-9-17-20(2)10-12/h4-10H,3H2,1-2H3,(H,18,19,21). The molecule has 0 bridgehead atoms.